The first-order valence-electron chi connectivity index (χ1n) is 6.60. The minimum Gasteiger partial charge on any atom is -0.495 e. The molecule has 0 radical (unpaired) electrons. The quantitative estimate of drug-likeness (QED) is 0.631. The topological polar surface area (TPSA) is 64.3 Å². The normalized spacial score (nSPS) is 14.1. The van der Waals surface area contributed by atoms with Crippen molar-refractivity contribution in [3.05, 3.63) is 35.4 Å². The standard InChI is InChI=1S/C15H20N2O2/c1-19-14-10-12(6-7-13(14)16)15(18)17-9-8-11-4-2-3-5-11/h4,6-7,10H,2-3,5,8-9,16H2,1H3,(H,17,18). The molecular weight excluding hydrogens is 240 g/mol. The van der Waals surface area contributed by atoms with E-state index in [0.29, 0.717) is 23.5 Å². The Balaban J connectivity index is 1.88. The number of allylic oxidation sites excluding steroid dienone is 1. The molecule has 4 nitrogen and oxygen atoms in total. The van der Waals surface area contributed by atoms with Gasteiger partial charge < -0.3 is 15.8 Å². The fourth-order valence-corrected chi connectivity index (χ4v) is 2.26. The second-order valence-electron chi connectivity index (χ2n) is 4.72. The smallest absolute Gasteiger partial charge is 0.251 e. The van der Waals surface area contributed by atoms with Crippen molar-refractivity contribution in [1.82, 2.24) is 5.32 Å². The van der Waals surface area contributed by atoms with E-state index in [2.05, 4.69) is 11.4 Å². The Morgan fingerprint density at radius 2 is 2.32 bits per heavy atom. The molecule has 1 amide bonds. The van der Waals surface area contributed by atoms with E-state index >= 15 is 0 Å². The molecule has 0 aromatic heterocycles. The summed E-state index contributed by atoms with van der Waals surface area (Å²) in [5.74, 6) is 0.447. The van der Waals surface area contributed by atoms with Crippen molar-refractivity contribution in [1.29, 1.82) is 0 Å². The Morgan fingerprint density at radius 1 is 1.47 bits per heavy atom. The maximum atomic E-state index is 12.0. The highest BCUT2D eigenvalue weighted by Crippen LogP contribution is 2.22. The summed E-state index contributed by atoms with van der Waals surface area (Å²) < 4.78 is 5.11. The number of carbonyl (C=O) groups is 1. The maximum absolute atomic E-state index is 12.0. The van der Waals surface area contributed by atoms with Gasteiger partial charge in [0, 0.05) is 12.1 Å². The Labute approximate surface area is 113 Å². The van der Waals surface area contributed by atoms with E-state index in [4.69, 9.17) is 10.5 Å². The van der Waals surface area contributed by atoms with Crippen LogP contribution in [-0.4, -0.2) is 19.6 Å². The van der Waals surface area contributed by atoms with Crippen molar-refractivity contribution in [3.63, 3.8) is 0 Å². The summed E-state index contributed by atoms with van der Waals surface area (Å²) in [5, 5.41) is 2.92. The number of hydrogen-bond donors (Lipinski definition) is 2. The Morgan fingerprint density at radius 3 is 3.00 bits per heavy atom. The van der Waals surface area contributed by atoms with Crippen molar-refractivity contribution in [2.24, 2.45) is 0 Å². The highest BCUT2D eigenvalue weighted by atomic mass is 16.5. The number of amides is 1. The van der Waals surface area contributed by atoms with Crippen LogP contribution in [0.15, 0.2) is 29.8 Å². The van der Waals surface area contributed by atoms with Crippen molar-refractivity contribution < 1.29 is 9.53 Å². The van der Waals surface area contributed by atoms with Gasteiger partial charge >= 0.3 is 0 Å². The van der Waals surface area contributed by atoms with E-state index in [-0.39, 0.29) is 5.91 Å². The lowest BCUT2D eigenvalue weighted by atomic mass is 10.1. The molecule has 0 heterocycles. The van der Waals surface area contributed by atoms with E-state index in [1.165, 1.54) is 24.8 Å². The van der Waals surface area contributed by atoms with Crippen LogP contribution in [-0.2, 0) is 0 Å². The van der Waals surface area contributed by atoms with Crippen LogP contribution in [0.25, 0.3) is 0 Å². The Bertz CT molecular complexity index is 495. The summed E-state index contributed by atoms with van der Waals surface area (Å²) in [4.78, 5) is 12.0. The first kappa shape index (κ1) is 13.5. The number of ether oxygens (including phenoxy) is 1. The number of nitrogen functional groups attached to an aromatic ring is 1. The van der Waals surface area contributed by atoms with Crippen molar-refractivity contribution in [2.45, 2.75) is 25.7 Å². The van der Waals surface area contributed by atoms with Crippen molar-refractivity contribution in [3.8, 4) is 5.75 Å². The molecule has 0 spiro atoms. The second-order valence-corrected chi connectivity index (χ2v) is 4.72. The molecule has 1 aliphatic rings. The highest BCUT2D eigenvalue weighted by Gasteiger charge is 2.09. The second kappa shape index (κ2) is 6.27. The summed E-state index contributed by atoms with van der Waals surface area (Å²) in [6.45, 7) is 0.678. The van der Waals surface area contributed by atoms with E-state index in [9.17, 15) is 4.79 Å². The lowest BCUT2D eigenvalue weighted by molar-refractivity contribution is 0.0954. The van der Waals surface area contributed by atoms with Gasteiger partial charge in [-0.1, -0.05) is 11.6 Å². The molecule has 0 bridgehead atoms. The van der Waals surface area contributed by atoms with Gasteiger partial charge in [0.05, 0.1) is 12.8 Å². The van der Waals surface area contributed by atoms with Gasteiger partial charge in [-0.2, -0.15) is 0 Å². The van der Waals surface area contributed by atoms with E-state index in [1.54, 1.807) is 25.3 Å². The maximum Gasteiger partial charge on any atom is 0.251 e. The van der Waals surface area contributed by atoms with Crippen LogP contribution >= 0.6 is 0 Å². The van der Waals surface area contributed by atoms with Crippen LogP contribution in [0, 0.1) is 0 Å². The number of nitrogens with one attached hydrogen (secondary N) is 1. The zero-order valence-corrected chi connectivity index (χ0v) is 11.2. The number of rotatable bonds is 5. The SMILES string of the molecule is COc1cc(C(=O)NCCC2=CCCC2)ccc1N. The molecule has 0 atom stereocenters. The minimum atomic E-state index is -0.0862. The third-order valence-corrected chi connectivity index (χ3v) is 3.36. The zero-order valence-electron chi connectivity index (χ0n) is 11.2. The molecular formula is C15H20N2O2. The number of carbonyl (C=O) groups excluding carboxylic acids is 1. The van der Waals surface area contributed by atoms with Gasteiger partial charge in [-0.15, -0.1) is 0 Å². The Hall–Kier alpha value is -1.97. The predicted molar refractivity (Wildman–Crippen MR) is 76.3 cm³/mol. The summed E-state index contributed by atoms with van der Waals surface area (Å²) in [5.41, 5.74) is 8.29. The zero-order chi connectivity index (χ0) is 13.7. The number of nitrogens with two attached hydrogens (primary N) is 1. The van der Waals surface area contributed by atoms with E-state index in [1.807, 2.05) is 0 Å². The van der Waals surface area contributed by atoms with Crippen LogP contribution < -0.4 is 15.8 Å². The molecule has 2 rings (SSSR count). The van der Waals surface area contributed by atoms with Gasteiger partial charge in [0.25, 0.3) is 5.91 Å². The summed E-state index contributed by atoms with van der Waals surface area (Å²) in [6, 6.07) is 5.06. The van der Waals surface area contributed by atoms with Gasteiger partial charge in [-0.25, -0.2) is 0 Å². The monoisotopic (exact) mass is 260 g/mol. The molecule has 19 heavy (non-hydrogen) atoms. The van der Waals surface area contributed by atoms with Crippen LogP contribution in [0.5, 0.6) is 5.75 Å². The fourth-order valence-electron chi connectivity index (χ4n) is 2.26. The molecule has 0 saturated carbocycles. The van der Waals surface area contributed by atoms with Crippen LogP contribution in [0.3, 0.4) is 0 Å². The molecule has 102 valence electrons. The molecule has 1 aromatic rings. The summed E-state index contributed by atoms with van der Waals surface area (Å²) in [6.07, 6.45) is 6.82. The first-order valence-corrected chi connectivity index (χ1v) is 6.60. The number of hydrogen-bond acceptors (Lipinski definition) is 3. The summed E-state index contributed by atoms with van der Waals surface area (Å²) in [7, 11) is 1.54. The van der Waals surface area contributed by atoms with Crippen LogP contribution in [0.4, 0.5) is 5.69 Å². The van der Waals surface area contributed by atoms with Gasteiger partial charge in [0.1, 0.15) is 5.75 Å². The van der Waals surface area contributed by atoms with Gasteiger partial charge in [-0.3, -0.25) is 4.79 Å². The molecule has 1 aliphatic carbocycles. The Kier molecular flexibility index (Phi) is 4.44. The molecule has 0 unspecified atom stereocenters. The third kappa shape index (κ3) is 3.50. The first-order chi connectivity index (χ1) is 9.20. The molecule has 3 N–H and O–H groups in total. The van der Waals surface area contributed by atoms with Crippen LogP contribution in [0.1, 0.15) is 36.0 Å². The third-order valence-electron chi connectivity index (χ3n) is 3.36. The van der Waals surface area contributed by atoms with Crippen LogP contribution in [0.2, 0.25) is 0 Å². The van der Waals surface area contributed by atoms with Gasteiger partial charge in [0.2, 0.25) is 0 Å². The predicted octanol–water partition coefficient (Wildman–Crippen LogP) is 2.51. The largest absolute Gasteiger partial charge is 0.495 e. The van der Waals surface area contributed by atoms with Crippen molar-refractivity contribution >= 4 is 11.6 Å². The van der Waals surface area contributed by atoms with Crippen molar-refractivity contribution in [2.75, 3.05) is 19.4 Å². The van der Waals surface area contributed by atoms with E-state index in [0.717, 1.165) is 6.42 Å². The average Bonchev–Trinajstić information content (AvgIpc) is 2.92. The fraction of sp³-hybridized carbons (Fsp3) is 0.400. The van der Waals surface area contributed by atoms with Gasteiger partial charge in [0.15, 0.2) is 0 Å². The molecule has 1 aromatic carbocycles. The lowest BCUT2D eigenvalue weighted by Gasteiger charge is -2.08. The molecule has 4 heteroatoms. The molecule has 0 aliphatic heterocycles. The van der Waals surface area contributed by atoms with Gasteiger partial charge in [-0.05, 0) is 43.9 Å². The molecule has 0 fully saturated rings. The summed E-state index contributed by atoms with van der Waals surface area (Å²) >= 11 is 0. The number of anilines is 1. The lowest BCUT2D eigenvalue weighted by Crippen LogP contribution is -2.24. The highest BCUT2D eigenvalue weighted by molar-refractivity contribution is 5.95. The molecule has 0 saturated heterocycles. The number of benzene rings is 1. The van der Waals surface area contributed by atoms with E-state index < -0.39 is 0 Å². The number of methoxy groups -OCH3 is 1. The minimum absolute atomic E-state index is 0.0862. The average molecular weight is 260 g/mol.